The van der Waals surface area contributed by atoms with Gasteiger partial charge in [0.1, 0.15) is 18.2 Å². The average molecular weight is 238 g/mol. The van der Waals surface area contributed by atoms with Gasteiger partial charge in [-0.3, -0.25) is 0 Å². The SMILES string of the molecule is CC(C)(C)OC(=O)n1cnc(C(C)(C)C=O)c1. The topological polar surface area (TPSA) is 61.2 Å². The summed E-state index contributed by atoms with van der Waals surface area (Å²) in [6, 6.07) is 0. The predicted octanol–water partition coefficient (Wildman–Crippen LogP) is 2.14. The Morgan fingerprint density at radius 3 is 2.41 bits per heavy atom. The van der Waals surface area contributed by atoms with E-state index < -0.39 is 17.1 Å². The molecule has 0 saturated heterocycles. The lowest BCUT2D eigenvalue weighted by atomic mass is 9.92. The number of carbonyl (C=O) groups excluding carboxylic acids is 2. The number of aldehydes is 1. The maximum atomic E-state index is 11.7. The largest absolute Gasteiger partial charge is 0.443 e. The molecule has 0 saturated carbocycles. The molecule has 0 aliphatic heterocycles. The molecule has 0 aromatic carbocycles. The van der Waals surface area contributed by atoms with Crippen LogP contribution in [0.25, 0.3) is 0 Å². The standard InChI is InChI=1S/C12H18N2O3/c1-11(2,3)17-10(16)14-6-9(13-8-14)12(4,5)7-15/h6-8H,1-5H3. The molecule has 0 fully saturated rings. The molecular formula is C12H18N2O3. The van der Waals surface area contributed by atoms with Crippen LogP contribution >= 0.6 is 0 Å². The fraction of sp³-hybridized carbons (Fsp3) is 0.583. The van der Waals surface area contributed by atoms with Gasteiger partial charge in [0.25, 0.3) is 0 Å². The van der Waals surface area contributed by atoms with Crippen LogP contribution in [-0.4, -0.2) is 27.5 Å². The zero-order valence-electron chi connectivity index (χ0n) is 10.9. The minimum atomic E-state index is -0.701. The molecule has 1 rings (SSSR count). The second-order valence-corrected chi connectivity index (χ2v) is 5.49. The Kier molecular flexibility index (Phi) is 3.40. The lowest BCUT2D eigenvalue weighted by Crippen LogP contribution is -2.26. The first kappa shape index (κ1) is 13.4. The van der Waals surface area contributed by atoms with Crippen LogP contribution in [0.4, 0.5) is 4.79 Å². The maximum absolute atomic E-state index is 11.7. The van der Waals surface area contributed by atoms with Crippen molar-refractivity contribution >= 4 is 12.4 Å². The molecule has 1 heterocycles. The van der Waals surface area contributed by atoms with Crippen LogP contribution in [0.1, 0.15) is 40.3 Å². The van der Waals surface area contributed by atoms with Gasteiger partial charge in [-0.15, -0.1) is 0 Å². The first-order chi connectivity index (χ1) is 7.65. The molecule has 0 N–H and O–H groups in total. The van der Waals surface area contributed by atoms with Crippen molar-refractivity contribution in [2.75, 3.05) is 0 Å². The molecule has 0 radical (unpaired) electrons. The monoisotopic (exact) mass is 238 g/mol. The lowest BCUT2D eigenvalue weighted by Gasteiger charge is -2.19. The Bertz CT molecular complexity index is 427. The van der Waals surface area contributed by atoms with Crippen LogP contribution in [0.15, 0.2) is 12.5 Å². The fourth-order valence-corrected chi connectivity index (χ4v) is 1.13. The zero-order valence-corrected chi connectivity index (χ0v) is 10.9. The van der Waals surface area contributed by atoms with Crippen molar-refractivity contribution < 1.29 is 14.3 Å². The molecule has 0 bridgehead atoms. The van der Waals surface area contributed by atoms with E-state index in [1.165, 1.54) is 17.1 Å². The van der Waals surface area contributed by atoms with Crippen molar-refractivity contribution in [2.45, 2.75) is 45.6 Å². The lowest BCUT2D eigenvalue weighted by molar-refractivity contribution is -0.111. The first-order valence-electron chi connectivity index (χ1n) is 5.40. The minimum absolute atomic E-state index is 0.502. The van der Waals surface area contributed by atoms with Gasteiger partial charge in [-0.2, -0.15) is 0 Å². The van der Waals surface area contributed by atoms with E-state index in [4.69, 9.17) is 4.74 Å². The summed E-state index contributed by atoms with van der Waals surface area (Å²) in [7, 11) is 0. The second-order valence-electron chi connectivity index (χ2n) is 5.49. The summed E-state index contributed by atoms with van der Waals surface area (Å²) in [4.78, 5) is 26.6. The Labute approximate surface area is 101 Å². The van der Waals surface area contributed by atoms with E-state index in [-0.39, 0.29) is 0 Å². The van der Waals surface area contributed by atoms with Crippen LogP contribution < -0.4 is 0 Å². The van der Waals surface area contributed by atoms with E-state index in [0.717, 1.165) is 6.29 Å². The van der Waals surface area contributed by atoms with Crippen molar-refractivity contribution in [1.82, 2.24) is 9.55 Å². The summed E-state index contributed by atoms with van der Waals surface area (Å²) in [5.41, 5.74) is -0.715. The molecule has 0 unspecified atom stereocenters. The smallest absolute Gasteiger partial charge is 0.419 e. The van der Waals surface area contributed by atoms with Crippen LogP contribution in [-0.2, 0) is 14.9 Å². The molecule has 0 spiro atoms. The summed E-state index contributed by atoms with van der Waals surface area (Å²) >= 11 is 0. The third-order valence-electron chi connectivity index (χ3n) is 2.14. The van der Waals surface area contributed by atoms with Gasteiger partial charge in [-0.05, 0) is 34.6 Å². The highest BCUT2D eigenvalue weighted by Crippen LogP contribution is 2.18. The number of ether oxygens (including phenoxy) is 1. The molecule has 0 aliphatic carbocycles. The van der Waals surface area contributed by atoms with Crippen LogP contribution in [0.5, 0.6) is 0 Å². The Hall–Kier alpha value is -1.65. The Balaban J connectivity index is 2.89. The highest BCUT2D eigenvalue weighted by atomic mass is 16.6. The van der Waals surface area contributed by atoms with E-state index in [0.29, 0.717) is 5.69 Å². The second kappa shape index (κ2) is 4.31. The summed E-state index contributed by atoms with van der Waals surface area (Å²) in [5, 5.41) is 0. The van der Waals surface area contributed by atoms with Crippen molar-refractivity contribution in [2.24, 2.45) is 0 Å². The third-order valence-corrected chi connectivity index (χ3v) is 2.14. The van der Waals surface area contributed by atoms with Gasteiger partial charge < -0.3 is 9.53 Å². The third kappa shape index (κ3) is 3.41. The summed E-state index contributed by atoms with van der Waals surface area (Å²) in [5.74, 6) is 0. The summed E-state index contributed by atoms with van der Waals surface area (Å²) < 4.78 is 6.42. The van der Waals surface area contributed by atoms with Gasteiger partial charge >= 0.3 is 6.09 Å². The zero-order chi connectivity index (χ0) is 13.3. The number of aromatic nitrogens is 2. The van der Waals surface area contributed by atoms with E-state index >= 15 is 0 Å². The number of nitrogens with zero attached hydrogens (tertiary/aromatic N) is 2. The summed E-state index contributed by atoms with van der Waals surface area (Å²) in [6.45, 7) is 8.85. The van der Waals surface area contributed by atoms with E-state index in [1.807, 2.05) is 0 Å². The van der Waals surface area contributed by atoms with Crippen molar-refractivity contribution in [3.8, 4) is 0 Å². The van der Waals surface area contributed by atoms with E-state index in [2.05, 4.69) is 4.98 Å². The minimum Gasteiger partial charge on any atom is -0.443 e. The van der Waals surface area contributed by atoms with E-state index in [9.17, 15) is 9.59 Å². The normalized spacial score (nSPS) is 12.3. The van der Waals surface area contributed by atoms with Crippen molar-refractivity contribution in [1.29, 1.82) is 0 Å². The maximum Gasteiger partial charge on any atom is 0.419 e. The van der Waals surface area contributed by atoms with Gasteiger partial charge in [0.05, 0.1) is 11.1 Å². The molecule has 5 heteroatoms. The molecule has 5 nitrogen and oxygen atoms in total. The van der Waals surface area contributed by atoms with Gasteiger partial charge in [-0.1, -0.05) is 0 Å². The average Bonchev–Trinajstić information content (AvgIpc) is 2.64. The fourth-order valence-electron chi connectivity index (χ4n) is 1.13. The Morgan fingerprint density at radius 1 is 1.35 bits per heavy atom. The predicted molar refractivity (Wildman–Crippen MR) is 62.9 cm³/mol. The summed E-state index contributed by atoms with van der Waals surface area (Å²) in [6.07, 6.45) is 3.17. The van der Waals surface area contributed by atoms with Gasteiger partial charge in [0.2, 0.25) is 0 Å². The van der Waals surface area contributed by atoms with Gasteiger partial charge in [0, 0.05) is 6.20 Å². The van der Waals surface area contributed by atoms with Gasteiger partial charge in [0.15, 0.2) is 0 Å². The van der Waals surface area contributed by atoms with Crippen LogP contribution in [0.3, 0.4) is 0 Å². The molecule has 0 aliphatic rings. The molecule has 0 amide bonds. The van der Waals surface area contributed by atoms with Crippen LogP contribution in [0, 0.1) is 0 Å². The molecule has 1 aromatic heterocycles. The van der Waals surface area contributed by atoms with Crippen LogP contribution in [0.2, 0.25) is 0 Å². The Morgan fingerprint density at radius 2 is 1.94 bits per heavy atom. The highest BCUT2D eigenvalue weighted by Gasteiger charge is 2.24. The van der Waals surface area contributed by atoms with Crippen molar-refractivity contribution in [3.05, 3.63) is 18.2 Å². The van der Waals surface area contributed by atoms with Crippen molar-refractivity contribution in [3.63, 3.8) is 0 Å². The first-order valence-corrected chi connectivity index (χ1v) is 5.40. The van der Waals surface area contributed by atoms with E-state index in [1.54, 1.807) is 34.6 Å². The number of imidazole rings is 1. The number of hydrogen-bond acceptors (Lipinski definition) is 4. The number of rotatable bonds is 2. The highest BCUT2D eigenvalue weighted by molar-refractivity contribution is 5.72. The number of carbonyl (C=O) groups is 2. The molecule has 17 heavy (non-hydrogen) atoms. The molecule has 1 aromatic rings. The molecule has 94 valence electrons. The number of hydrogen-bond donors (Lipinski definition) is 0. The molecule has 0 atom stereocenters. The quantitative estimate of drug-likeness (QED) is 0.740. The van der Waals surface area contributed by atoms with Gasteiger partial charge in [-0.25, -0.2) is 14.3 Å². The molecular weight excluding hydrogens is 220 g/mol.